The van der Waals surface area contributed by atoms with Crippen LogP contribution in [0.3, 0.4) is 0 Å². The van der Waals surface area contributed by atoms with Crippen molar-refractivity contribution in [2.75, 3.05) is 0 Å². The minimum atomic E-state index is -0.716. The Morgan fingerprint density at radius 3 is 2.67 bits per heavy atom. The highest BCUT2D eigenvalue weighted by Gasteiger charge is 2.15. The topological polar surface area (TPSA) is 66.4 Å². The van der Waals surface area contributed by atoms with E-state index in [2.05, 4.69) is 0 Å². The van der Waals surface area contributed by atoms with Crippen molar-refractivity contribution in [3.05, 3.63) is 11.8 Å². The summed E-state index contributed by atoms with van der Waals surface area (Å²) in [5.74, 6) is -1.47. The lowest BCUT2D eigenvalue weighted by Gasteiger charge is -2.05. The third-order valence-electron chi connectivity index (χ3n) is 0.966. The first-order valence-corrected chi connectivity index (χ1v) is 2.43. The summed E-state index contributed by atoms with van der Waals surface area (Å²) in [4.78, 5) is 20.7. The summed E-state index contributed by atoms with van der Waals surface area (Å²) in [6, 6.07) is 0. The van der Waals surface area contributed by atoms with Crippen LogP contribution < -0.4 is 5.32 Å². The van der Waals surface area contributed by atoms with Crippen LogP contribution in [0.15, 0.2) is 11.8 Å². The summed E-state index contributed by atoms with van der Waals surface area (Å²) in [7, 11) is 0. The van der Waals surface area contributed by atoms with Crippen LogP contribution in [0.5, 0.6) is 0 Å². The smallest absolute Gasteiger partial charge is 0.292 e. The second kappa shape index (κ2) is 1.89. The lowest BCUT2D eigenvalue weighted by atomic mass is 10.2. The van der Waals surface area contributed by atoms with E-state index in [9.17, 15) is 9.59 Å². The van der Waals surface area contributed by atoms with E-state index < -0.39 is 5.91 Å². The van der Waals surface area contributed by atoms with E-state index in [0.29, 0.717) is 0 Å². The fourth-order valence-corrected chi connectivity index (χ4v) is 0.524. The number of imide groups is 1. The van der Waals surface area contributed by atoms with Gasteiger partial charge in [0.15, 0.2) is 5.76 Å². The van der Waals surface area contributed by atoms with Crippen molar-refractivity contribution < 1.29 is 14.7 Å². The molecule has 0 aromatic carbocycles. The molecule has 1 aliphatic heterocycles. The van der Waals surface area contributed by atoms with Gasteiger partial charge in [-0.2, -0.15) is 0 Å². The van der Waals surface area contributed by atoms with E-state index in [4.69, 9.17) is 5.11 Å². The second-order valence-corrected chi connectivity index (χ2v) is 1.67. The summed E-state index contributed by atoms with van der Waals surface area (Å²) in [5.41, 5.74) is 0. The number of carbonyl (C=O) groups is 2. The van der Waals surface area contributed by atoms with Crippen molar-refractivity contribution in [1.82, 2.24) is 5.32 Å². The predicted molar refractivity (Wildman–Crippen MR) is 28.5 cm³/mol. The number of aliphatic hydroxyl groups is 1. The molecule has 4 nitrogen and oxygen atoms in total. The lowest BCUT2D eigenvalue weighted by Crippen LogP contribution is -2.34. The maximum absolute atomic E-state index is 10.4. The maximum Gasteiger partial charge on any atom is 0.292 e. The van der Waals surface area contributed by atoms with E-state index in [1.807, 2.05) is 5.32 Å². The van der Waals surface area contributed by atoms with E-state index in [1.54, 1.807) is 0 Å². The Kier molecular flexibility index (Phi) is 1.22. The van der Waals surface area contributed by atoms with Gasteiger partial charge >= 0.3 is 0 Å². The van der Waals surface area contributed by atoms with Crippen LogP contribution in [0.2, 0.25) is 0 Å². The van der Waals surface area contributed by atoms with Crippen molar-refractivity contribution in [2.24, 2.45) is 0 Å². The average molecular weight is 127 g/mol. The highest BCUT2D eigenvalue weighted by molar-refractivity contribution is 6.05. The highest BCUT2D eigenvalue weighted by Crippen LogP contribution is 1.97. The Balaban J connectivity index is 2.79. The fourth-order valence-electron chi connectivity index (χ4n) is 0.524. The summed E-state index contributed by atoms with van der Waals surface area (Å²) < 4.78 is 0. The quantitative estimate of drug-likeness (QED) is 0.430. The molecule has 1 rings (SSSR count). The largest absolute Gasteiger partial charge is 0.503 e. The summed E-state index contributed by atoms with van der Waals surface area (Å²) >= 11 is 0. The first-order chi connectivity index (χ1) is 4.20. The Bertz CT molecular complexity index is 194. The summed E-state index contributed by atoms with van der Waals surface area (Å²) in [6.07, 6.45) is 1.26. The molecular formula is C5H5NO3. The molecule has 0 aromatic rings. The van der Waals surface area contributed by atoms with E-state index in [-0.39, 0.29) is 18.1 Å². The van der Waals surface area contributed by atoms with Gasteiger partial charge in [-0.25, -0.2) is 0 Å². The molecule has 0 atom stereocenters. The number of amides is 2. The lowest BCUT2D eigenvalue weighted by molar-refractivity contribution is -0.130. The number of hydrogen-bond acceptors (Lipinski definition) is 3. The average Bonchev–Trinajstić information content (AvgIpc) is 1.80. The zero-order valence-electron chi connectivity index (χ0n) is 4.55. The van der Waals surface area contributed by atoms with Gasteiger partial charge in [-0.15, -0.1) is 0 Å². The highest BCUT2D eigenvalue weighted by atomic mass is 16.3. The van der Waals surface area contributed by atoms with Gasteiger partial charge in [0.05, 0.1) is 0 Å². The molecule has 0 radical (unpaired) electrons. The number of carbonyl (C=O) groups excluding carboxylic acids is 2. The van der Waals surface area contributed by atoms with Gasteiger partial charge < -0.3 is 5.11 Å². The molecule has 0 saturated carbocycles. The van der Waals surface area contributed by atoms with Gasteiger partial charge in [-0.05, 0) is 6.08 Å². The van der Waals surface area contributed by atoms with E-state index in [1.165, 1.54) is 6.08 Å². The van der Waals surface area contributed by atoms with E-state index in [0.717, 1.165) is 0 Å². The van der Waals surface area contributed by atoms with Crippen LogP contribution >= 0.6 is 0 Å². The molecule has 9 heavy (non-hydrogen) atoms. The third kappa shape index (κ3) is 1.07. The standard InChI is InChI=1S/C5H5NO3/c7-3-1-2-4(8)6-5(3)9/h1,7H,2H2,(H,6,8,9). The number of rotatable bonds is 0. The summed E-state index contributed by atoms with van der Waals surface area (Å²) in [5, 5.41) is 10.5. The van der Waals surface area contributed by atoms with Gasteiger partial charge in [0.25, 0.3) is 5.91 Å². The van der Waals surface area contributed by atoms with Crippen molar-refractivity contribution in [3.8, 4) is 0 Å². The number of hydrogen-bond donors (Lipinski definition) is 2. The zero-order valence-corrected chi connectivity index (χ0v) is 4.55. The molecular weight excluding hydrogens is 122 g/mol. The van der Waals surface area contributed by atoms with Gasteiger partial charge in [0.1, 0.15) is 0 Å². The molecule has 0 saturated heterocycles. The van der Waals surface area contributed by atoms with Gasteiger partial charge in [0.2, 0.25) is 5.91 Å². The maximum atomic E-state index is 10.4. The van der Waals surface area contributed by atoms with Crippen molar-refractivity contribution in [2.45, 2.75) is 6.42 Å². The molecule has 0 fully saturated rings. The van der Waals surface area contributed by atoms with Gasteiger partial charge in [0, 0.05) is 6.42 Å². The molecule has 1 aliphatic rings. The SMILES string of the molecule is O=C1CC=C(O)C(=O)N1. The van der Waals surface area contributed by atoms with Crippen molar-refractivity contribution in [3.63, 3.8) is 0 Å². The molecule has 4 heteroatoms. The Labute approximate surface area is 51.2 Å². The first-order valence-electron chi connectivity index (χ1n) is 2.43. The fraction of sp³-hybridized carbons (Fsp3) is 0.200. The molecule has 0 aliphatic carbocycles. The third-order valence-corrected chi connectivity index (χ3v) is 0.966. The Hall–Kier alpha value is -1.32. The Morgan fingerprint density at radius 1 is 1.56 bits per heavy atom. The number of aliphatic hydroxyl groups excluding tert-OH is 1. The monoisotopic (exact) mass is 127 g/mol. The van der Waals surface area contributed by atoms with Crippen molar-refractivity contribution in [1.29, 1.82) is 0 Å². The van der Waals surface area contributed by atoms with Crippen LogP contribution in [0.25, 0.3) is 0 Å². The molecule has 0 spiro atoms. The van der Waals surface area contributed by atoms with E-state index >= 15 is 0 Å². The van der Waals surface area contributed by atoms with Crippen LogP contribution in [0.1, 0.15) is 6.42 Å². The minimum absolute atomic E-state index is 0.0809. The molecule has 48 valence electrons. The second-order valence-electron chi connectivity index (χ2n) is 1.67. The Morgan fingerprint density at radius 2 is 2.22 bits per heavy atom. The zero-order chi connectivity index (χ0) is 6.85. The molecule has 0 bridgehead atoms. The number of nitrogens with one attached hydrogen (secondary N) is 1. The van der Waals surface area contributed by atoms with Crippen molar-refractivity contribution >= 4 is 11.8 Å². The first kappa shape index (κ1) is 5.81. The summed E-state index contributed by atoms with van der Waals surface area (Å²) in [6.45, 7) is 0. The van der Waals surface area contributed by atoms with Crippen LogP contribution in [-0.2, 0) is 9.59 Å². The molecule has 2 amide bonds. The van der Waals surface area contributed by atoms with Crippen LogP contribution in [0.4, 0.5) is 0 Å². The molecule has 0 unspecified atom stereocenters. The molecule has 2 N–H and O–H groups in total. The van der Waals surface area contributed by atoms with Crippen LogP contribution in [0, 0.1) is 0 Å². The van der Waals surface area contributed by atoms with Gasteiger partial charge in [-0.3, -0.25) is 14.9 Å². The molecule has 0 aromatic heterocycles. The normalized spacial score (nSPS) is 18.9. The van der Waals surface area contributed by atoms with Crippen LogP contribution in [-0.4, -0.2) is 16.9 Å². The van der Waals surface area contributed by atoms with Gasteiger partial charge in [-0.1, -0.05) is 0 Å². The molecule has 1 heterocycles. The minimum Gasteiger partial charge on any atom is -0.503 e. The predicted octanol–water partition coefficient (Wildman–Crippen LogP) is -0.525.